The third-order valence-electron chi connectivity index (χ3n) is 2.72. The molecule has 0 bridgehead atoms. The summed E-state index contributed by atoms with van der Waals surface area (Å²) in [5, 5.41) is 11.2. The first-order valence-corrected chi connectivity index (χ1v) is 5.59. The quantitative estimate of drug-likeness (QED) is 0.694. The Labute approximate surface area is 107 Å². The number of benzene rings is 1. The van der Waals surface area contributed by atoms with Crippen molar-refractivity contribution >= 4 is 23.0 Å². The van der Waals surface area contributed by atoms with E-state index in [2.05, 4.69) is 10.3 Å². The Morgan fingerprint density at radius 3 is 2.89 bits per heavy atom. The summed E-state index contributed by atoms with van der Waals surface area (Å²) in [6.07, 6.45) is 0. The Hall–Kier alpha value is -2.57. The molecule has 0 radical (unpaired) electrons. The molecule has 1 aromatic heterocycles. The zero-order chi connectivity index (χ0) is 14.0. The first-order valence-electron chi connectivity index (χ1n) is 5.59. The molecule has 1 atom stereocenters. The molecule has 100 valence electrons. The molecule has 1 unspecified atom stereocenters. The van der Waals surface area contributed by atoms with Crippen molar-refractivity contribution in [1.29, 1.82) is 0 Å². The monoisotopic (exact) mass is 264 g/mol. The van der Waals surface area contributed by atoms with Crippen molar-refractivity contribution in [2.45, 2.75) is 13.5 Å². The van der Waals surface area contributed by atoms with Crippen LogP contribution < -0.4 is 11.1 Å². The molecule has 2 rings (SSSR count). The average Bonchev–Trinajstić information content (AvgIpc) is 2.74. The predicted molar refractivity (Wildman–Crippen MR) is 65.5 cm³/mol. The van der Waals surface area contributed by atoms with Crippen LogP contribution in [0.2, 0.25) is 0 Å². The molecule has 19 heavy (non-hydrogen) atoms. The zero-order valence-electron chi connectivity index (χ0n) is 10.1. The summed E-state index contributed by atoms with van der Waals surface area (Å²) in [5.74, 6) is -3.39. The number of H-pyrrole nitrogens is 1. The first-order chi connectivity index (χ1) is 8.97. The van der Waals surface area contributed by atoms with E-state index in [4.69, 9.17) is 9.52 Å². The highest BCUT2D eigenvalue weighted by Crippen LogP contribution is 2.12. The second-order valence-corrected chi connectivity index (χ2v) is 4.12. The summed E-state index contributed by atoms with van der Waals surface area (Å²) >= 11 is 0. The molecule has 0 saturated heterocycles. The minimum Gasteiger partial charge on any atom is -0.481 e. The summed E-state index contributed by atoms with van der Waals surface area (Å²) in [6, 6.07) is 4.97. The van der Waals surface area contributed by atoms with Gasteiger partial charge in [-0.25, -0.2) is 4.79 Å². The number of aromatic nitrogens is 1. The maximum atomic E-state index is 11.5. The maximum Gasteiger partial charge on any atom is 0.417 e. The van der Waals surface area contributed by atoms with E-state index in [0.717, 1.165) is 0 Å². The molecule has 1 heterocycles. The minimum atomic E-state index is -1.18. The summed E-state index contributed by atoms with van der Waals surface area (Å²) < 4.78 is 4.88. The van der Waals surface area contributed by atoms with Gasteiger partial charge in [0.1, 0.15) is 5.92 Å². The minimum absolute atomic E-state index is 0.168. The molecule has 0 fully saturated rings. The van der Waals surface area contributed by atoms with Gasteiger partial charge in [0.25, 0.3) is 0 Å². The van der Waals surface area contributed by atoms with Crippen LogP contribution >= 0.6 is 0 Å². The summed E-state index contributed by atoms with van der Waals surface area (Å²) in [7, 11) is 0. The van der Waals surface area contributed by atoms with Gasteiger partial charge < -0.3 is 14.8 Å². The smallest absolute Gasteiger partial charge is 0.417 e. The number of aliphatic carboxylic acids is 1. The predicted octanol–water partition coefficient (Wildman–Crippen LogP) is 0.458. The normalized spacial score (nSPS) is 12.3. The van der Waals surface area contributed by atoms with Crippen LogP contribution in [0.3, 0.4) is 0 Å². The Balaban J connectivity index is 2.07. The van der Waals surface area contributed by atoms with Crippen LogP contribution in [0.15, 0.2) is 27.4 Å². The van der Waals surface area contributed by atoms with Gasteiger partial charge in [-0.15, -0.1) is 0 Å². The molecule has 7 heteroatoms. The average molecular weight is 264 g/mol. The van der Waals surface area contributed by atoms with Gasteiger partial charge in [-0.2, -0.15) is 0 Å². The summed E-state index contributed by atoms with van der Waals surface area (Å²) in [5.41, 5.74) is 1.67. The Morgan fingerprint density at radius 1 is 1.47 bits per heavy atom. The van der Waals surface area contributed by atoms with E-state index in [9.17, 15) is 14.4 Å². The number of rotatable bonds is 4. The number of nitrogens with one attached hydrogen (secondary N) is 2. The fraction of sp³-hybridized carbons (Fsp3) is 0.250. The second-order valence-electron chi connectivity index (χ2n) is 4.12. The zero-order valence-corrected chi connectivity index (χ0v) is 10.1. The second kappa shape index (κ2) is 4.97. The number of carbonyl (C=O) groups excluding carboxylic acids is 1. The lowest BCUT2D eigenvalue weighted by molar-refractivity contribution is -0.146. The van der Waals surface area contributed by atoms with Crippen molar-refractivity contribution in [3.8, 4) is 0 Å². The van der Waals surface area contributed by atoms with Gasteiger partial charge in [0.15, 0.2) is 5.58 Å². The largest absolute Gasteiger partial charge is 0.481 e. The molecular formula is C12H12N2O5. The van der Waals surface area contributed by atoms with Crippen LogP contribution in [0.5, 0.6) is 0 Å². The van der Waals surface area contributed by atoms with Crippen LogP contribution in [0.4, 0.5) is 0 Å². The van der Waals surface area contributed by atoms with Crippen molar-refractivity contribution in [1.82, 2.24) is 10.3 Å². The lowest BCUT2D eigenvalue weighted by atomic mass is 10.1. The number of fused-ring (bicyclic) bond motifs is 1. The van der Waals surface area contributed by atoms with Crippen molar-refractivity contribution in [3.05, 3.63) is 34.3 Å². The van der Waals surface area contributed by atoms with Gasteiger partial charge >= 0.3 is 11.7 Å². The van der Waals surface area contributed by atoms with E-state index >= 15 is 0 Å². The van der Waals surface area contributed by atoms with Gasteiger partial charge in [-0.05, 0) is 24.6 Å². The van der Waals surface area contributed by atoms with E-state index in [0.29, 0.717) is 16.7 Å². The topological polar surface area (TPSA) is 112 Å². The van der Waals surface area contributed by atoms with Crippen LogP contribution in [0.25, 0.3) is 11.1 Å². The van der Waals surface area contributed by atoms with E-state index < -0.39 is 23.6 Å². The number of carboxylic acids is 1. The molecule has 1 aromatic carbocycles. The van der Waals surface area contributed by atoms with Crippen molar-refractivity contribution in [3.63, 3.8) is 0 Å². The lowest BCUT2D eigenvalue weighted by Crippen LogP contribution is -2.33. The van der Waals surface area contributed by atoms with Crippen LogP contribution in [0.1, 0.15) is 12.5 Å². The van der Waals surface area contributed by atoms with Gasteiger partial charge in [0.2, 0.25) is 5.91 Å². The molecule has 0 aliphatic rings. The molecule has 1 amide bonds. The molecular weight excluding hydrogens is 252 g/mol. The van der Waals surface area contributed by atoms with Crippen molar-refractivity contribution in [2.75, 3.05) is 0 Å². The lowest BCUT2D eigenvalue weighted by Gasteiger charge is -2.08. The Bertz CT molecular complexity index is 685. The number of carboxylic acid groups (broad SMARTS) is 1. The third-order valence-corrected chi connectivity index (χ3v) is 2.72. The Morgan fingerprint density at radius 2 is 2.21 bits per heavy atom. The number of hydrogen-bond acceptors (Lipinski definition) is 4. The molecule has 0 aliphatic heterocycles. The number of amides is 1. The van der Waals surface area contributed by atoms with E-state index in [1.165, 1.54) is 6.92 Å². The highest BCUT2D eigenvalue weighted by Gasteiger charge is 2.19. The molecule has 2 aromatic rings. The van der Waals surface area contributed by atoms with E-state index in [-0.39, 0.29) is 6.54 Å². The number of carbonyl (C=O) groups is 2. The first kappa shape index (κ1) is 12.9. The summed E-state index contributed by atoms with van der Waals surface area (Å²) in [6.45, 7) is 1.48. The fourth-order valence-electron chi connectivity index (χ4n) is 1.55. The number of hydrogen-bond donors (Lipinski definition) is 3. The van der Waals surface area contributed by atoms with Crippen molar-refractivity contribution < 1.29 is 19.1 Å². The van der Waals surface area contributed by atoms with Gasteiger partial charge in [-0.3, -0.25) is 14.6 Å². The fourth-order valence-corrected chi connectivity index (χ4v) is 1.55. The molecule has 3 N–H and O–H groups in total. The molecule has 7 nitrogen and oxygen atoms in total. The number of oxazole rings is 1. The van der Waals surface area contributed by atoms with Crippen molar-refractivity contribution in [2.24, 2.45) is 5.92 Å². The summed E-state index contributed by atoms with van der Waals surface area (Å²) in [4.78, 5) is 35.5. The standard InChI is InChI=1S/C12H12N2O5/c1-6(11(16)17)10(15)13-5-7-2-3-8-9(4-7)19-12(18)14-8/h2-4,6H,5H2,1H3,(H,13,15)(H,14,18)(H,16,17). The van der Waals surface area contributed by atoms with Gasteiger partial charge in [0.05, 0.1) is 5.52 Å². The van der Waals surface area contributed by atoms with Crippen LogP contribution in [0, 0.1) is 5.92 Å². The highest BCUT2D eigenvalue weighted by molar-refractivity contribution is 5.96. The Kier molecular flexibility index (Phi) is 3.37. The molecule has 0 aliphatic carbocycles. The van der Waals surface area contributed by atoms with Crippen LogP contribution in [-0.2, 0) is 16.1 Å². The third kappa shape index (κ3) is 2.82. The van der Waals surface area contributed by atoms with E-state index in [1.807, 2.05) is 0 Å². The van der Waals surface area contributed by atoms with E-state index in [1.54, 1.807) is 18.2 Å². The SMILES string of the molecule is CC(C(=O)O)C(=O)NCc1ccc2[nH]c(=O)oc2c1. The van der Waals surface area contributed by atoms with Gasteiger partial charge in [-0.1, -0.05) is 6.07 Å². The highest BCUT2D eigenvalue weighted by atomic mass is 16.4. The van der Waals surface area contributed by atoms with Crippen LogP contribution in [-0.4, -0.2) is 22.0 Å². The number of aromatic amines is 1. The maximum absolute atomic E-state index is 11.5. The molecule has 0 spiro atoms. The van der Waals surface area contributed by atoms with Gasteiger partial charge in [0, 0.05) is 6.54 Å². The molecule has 0 saturated carbocycles.